The molecule has 0 radical (unpaired) electrons. The molecule has 0 saturated heterocycles. The number of amides is 2. The molecule has 2 unspecified atom stereocenters. The van der Waals surface area contributed by atoms with Crippen LogP contribution in [0.2, 0.25) is 0 Å². The standard InChI is InChI=1S/C15H13BrFN3O2/c16-9-5-13(18-7-9)15(22)20-19-14(21)12-6-11(12)8-1-3-10(17)4-2-8/h1-5,7,11-12,18H,6H2,(H,19,21)(H,20,22). The number of hydrogen-bond donors (Lipinski definition) is 3. The number of rotatable bonds is 3. The van der Waals surface area contributed by atoms with E-state index in [1.165, 1.54) is 12.1 Å². The zero-order valence-electron chi connectivity index (χ0n) is 11.4. The maximum absolute atomic E-state index is 12.9. The lowest BCUT2D eigenvalue weighted by atomic mass is 10.1. The quantitative estimate of drug-likeness (QED) is 0.731. The van der Waals surface area contributed by atoms with Crippen molar-refractivity contribution in [2.45, 2.75) is 12.3 Å². The van der Waals surface area contributed by atoms with E-state index >= 15 is 0 Å². The Labute approximate surface area is 134 Å². The van der Waals surface area contributed by atoms with Gasteiger partial charge in [-0.25, -0.2) is 4.39 Å². The van der Waals surface area contributed by atoms with Crippen molar-refractivity contribution in [3.05, 3.63) is 58.1 Å². The van der Waals surface area contributed by atoms with Gasteiger partial charge in [-0.15, -0.1) is 0 Å². The second kappa shape index (κ2) is 5.92. The summed E-state index contributed by atoms with van der Waals surface area (Å²) in [5, 5.41) is 0. The minimum Gasteiger partial charge on any atom is -0.356 e. The Morgan fingerprint density at radius 3 is 2.59 bits per heavy atom. The number of carbonyl (C=O) groups is 2. The van der Waals surface area contributed by atoms with Crippen LogP contribution in [0.4, 0.5) is 4.39 Å². The highest BCUT2D eigenvalue weighted by atomic mass is 79.9. The number of aromatic nitrogens is 1. The summed E-state index contributed by atoms with van der Waals surface area (Å²) < 4.78 is 13.6. The monoisotopic (exact) mass is 365 g/mol. The second-order valence-corrected chi connectivity index (χ2v) is 6.09. The number of hydrogen-bond acceptors (Lipinski definition) is 2. The summed E-state index contributed by atoms with van der Waals surface area (Å²) in [6.07, 6.45) is 2.32. The van der Waals surface area contributed by atoms with Gasteiger partial charge in [0.05, 0.1) is 0 Å². The fourth-order valence-corrected chi connectivity index (χ4v) is 2.68. The van der Waals surface area contributed by atoms with E-state index in [0.29, 0.717) is 12.1 Å². The number of nitrogens with one attached hydrogen (secondary N) is 3. The highest BCUT2D eigenvalue weighted by Gasteiger charge is 2.44. The molecule has 1 saturated carbocycles. The third kappa shape index (κ3) is 3.19. The van der Waals surface area contributed by atoms with Crippen LogP contribution in [0, 0.1) is 11.7 Å². The molecule has 2 atom stereocenters. The van der Waals surface area contributed by atoms with Crippen molar-refractivity contribution in [3.8, 4) is 0 Å². The number of hydrazine groups is 1. The highest BCUT2D eigenvalue weighted by molar-refractivity contribution is 9.10. The van der Waals surface area contributed by atoms with Crippen LogP contribution >= 0.6 is 15.9 Å². The van der Waals surface area contributed by atoms with Gasteiger partial charge in [0.25, 0.3) is 5.91 Å². The number of carbonyl (C=O) groups excluding carboxylic acids is 2. The molecule has 0 spiro atoms. The van der Waals surface area contributed by atoms with Gasteiger partial charge in [-0.05, 0) is 52.0 Å². The van der Waals surface area contributed by atoms with Crippen LogP contribution in [0.3, 0.4) is 0 Å². The number of halogens is 2. The molecule has 2 aromatic rings. The van der Waals surface area contributed by atoms with Crippen LogP contribution in [-0.4, -0.2) is 16.8 Å². The van der Waals surface area contributed by atoms with Gasteiger partial charge in [-0.1, -0.05) is 12.1 Å². The molecule has 1 aromatic carbocycles. The summed E-state index contributed by atoms with van der Waals surface area (Å²) in [6.45, 7) is 0. The maximum Gasteiger partial charge on any atom is 0.286 e. The van der Waals surface area contributed by atoms with E-state index in [0.717, 1.165) is 10.0 Å². The normalized spacial score (nSPS) is 19.5. The Hall–Kier alpha value is -2.15. The first kappa shape index (κ1) is 14.8. The molecule has 1 fully saturated rings. The van der Waals surface area contributed by atoms with Crippen molar-refractivity contribution in [1.82, 2.24) is 15.8 Å². The SMILES string of the molecule is O=C(NNC(=O)C1CC1c1ccc(F)cc1)c1cc(Br)c[nH]1. The molecule has 1 aliphatic carbocycles. The van der Waals surface area contributed by atoms with Crippen LogP contribution in [0.5, 0.6) is 0 Å². The molecule has 22 heavy (non-hydrogen) atoms. The number of benzene rings is 1. The smallest absolute Gasteiger partial charge is 0.286 e. The van der Waals surface area contributed by atoms with E-state index in [-0.39, 0.29) is 23.6 Å². The van der Waals surface area contributed by atoms with Crippen LogP contribution in [0.25, 0.3) is 0 Å². The van der Waals surface area contributed by atoms with Crippen molar-refractivity contribution < 1.29 is 14.0 Å². The third-order valence-corrected chi connectivity index (χ3v) is 4.07. The van der Waals surface area contributed by atoms with Gasteiger partial charge >= 0.3 is 0 Å². The summed E-state index contributed by atoms with van der Waals surface area (Å²) in [5.41, 5.74) is 6.06. The molecule has 7 heteroatoms. The average Bonchev–Trinajstić information content (AvgIpc) is 3.19. The molecule has 1 aliphatic rings. The minimum absolute atomic E-state index is 0.0807. The summed E-state index contributed by atoms with van der Waals surface area (Å²) in [5.74, 6) is -1.07. The van der Waals surface area contributed by atoms with Crippen LogP contribution in [0.1, 0.15) is 28.4 Å². The van der Waals surface area contributed by atoms with E-state index < -0.39 is 5.91 Å². The fraction of sp³-hybridized carbons (Fsp3) is 0.200. The maximum atomic E-state index is 12.9. The first-order valence-corrected chi connectivity index (χ1v) is 7.53. The van der Waals surface area contributed by atoms with Gasteiger partial charge in [0, 0.05) is 16.6 Å². The predicted octanol–water partition coefficient (Wildman–Crippen LogP) is 2.48. The lowest BCUT2D eigenvalue weighted by molar-refractivity contribution is -0.123. The van der Waals surface area contributed by atoms with Gasteiger partial charge < -0.3 is 4.98 Å². The van der Waals surface area contributed by atoms with Crippen LogP contribution < -0.4 is 10.9 Å². The summed E-state index contributed by atoms with van der Waals surface area (Å²) in [4.78, 5) is 26.5. The lowest BCUT2D eigenvalue weighted by Gasteiger charge is -2.06. The molecule has 3 N–H and O–H groups in total. The second-order valence-electron chi connectivity index (χ2n) is 5.18. The van der Waals surface area contributed by atoms with Gasteiger partial charge in [-0.2, -0.15) is 0 Å². The molecule has 1 heterocycles. The Morgan fingerprint density at radius 1 is 1.23 bits per heavy atom. The molecule has 5 nitrogen and oxygen atoms in total. The van der Waals surface area contributed by atoms with Gasteiger partial charge in [0.1, 0.15) is 11.5 Å². The Kier molecular flexibility index (Phi) is 3.98. The number of H-pyrrole nitrogens is 1. The van der Waals surface area contributed by atoms with E-state index in [1.54, 1.807) is 24.4 Å². The van der Waals surface area contributed by atoms with E-state index in [2.05, 4.69) is 31.8 Å². The molecular weight excluding hydrogens is 353 g/mol. The summed E-state index contributed by atoms with van der Waals surface area (Å²) >= 11 is 3.23. The molecular formula is C15H13BrFN3O2. The van der Waals surface area contributed by atoms with Gasteiger partial charge in [0.2, 0.25) is 5.91 Å². The first-order valence-electron chi connectivity index (χ1n) is 6.74. The average molecular weight is 366 g/mol. The van der Waals surface area contributed by atoms with E-state index in [4.69, 9.17) is 0 Å². The molecule has 0 aliphatic heterocycles. The topological polar surface area (TPSA) is 74.0 Å². The zero-order valence-corrected chi connectivity index (χ0v) is 13.0. The predicted molar refractivity (Wildman–Crippen MR) is 81.3 cm³/mol. The Bertz CT molecular complexity index is 714. The van der Waals surface area contributed by atoms with Crippen LogP contribution in [-0.2, 0) is 4.79 Å². The van der Waals surface area contributed by atoms with Gasteiger partial charge in [0.15, 0.2) is 0 Å². The van der Waals surface area contributed by atoms with Crippen LogP contribution in [0.15, 0.2) is 41.0 Å². The van der Waals surface area contributed by atoms with Crippen molar-refractivity contribution >= 4 is 27.7 Å². The largest absolute Gasteiger partial charge is 0.356 e. The fourth-order valence-electron chi connectivity index (χ4n) is 2.34. The molecule has 1 aromatic heterocycles. The zero-order chi connectivity index (χ0) is 15.7. The summed E-state index contributed by atoms with van der Waals surface area (Å²) in [6, 6.07) is 7.74. The summed E-state index contributed by atoms with van der Waals surface area (Å²) in [7, 11) is 0. The molecule has 3 rings (SSSR count). The van der Waals surface area contributed by atoms with E-state index in [1.807, 2.05) is 0 Å². The van der Waals surface area contributed by atoms with Crippen molar-refractivity contribution in [2.24, 2.45) is 5.92 Å². The lowest BCUT2D eigenvalue weighted by Crippen LogP contribution is -2.42. The van der Waals surface area contributed by atoms with Crippen molar-refractivity contribution in [1.29, 1.82) is 0 Å². The molecule has 2 amide bonds. The Balaban J connectivity index is 1.51. The highest BCUT2D eigenvalue weighted by Crippen LogP contribution is 2.47. The van der Waals surface area contributed by atoms with Crippen molar-refractivity contribution in [2.75, 3.05) is 0 Å². The third-order valence-electron chi connectivity index (χ3n) is 3.62. The Morgan fingerprint density at radius 2 is 1.95 bits per heavy atom. The van der Waals surface area contributed by atoms with E-state index in [9.17, 15) is 14.0 Å². The first-order chi connectivity index (χ1) is 10.5. The molecule has 0 bridgehead atoms. The number of aromatic amines is 1. The molecule has 114 valence electrons. The minimum atomic E-state index is -0.418. The van der Waals surface area contributed by atoms with Gasteiger partial charge in [-0.3, -0.25) is 20.4 Å². The van der Waals surface area contributed by atoms with Crippen molar-refractivity contribution in [3.63, 3.8) is 0 Å².